The summed E-state index contributed by atoms with van der Waals surface area (Å²) in [5.74, 6) is 0.0384. The maximum atomic E-state index is 13.2. The largest absolute Gasteiger partial charge is 0.497 e. The van der Waals surface area contributed by atoms with Gasteiger partial charge in [-0.05, 0) is 48.2 Å². The molecule has 3 aromatic rings. The van der Waals surface area contributed by atoms with Crippen molar-refractivity contribution in [3.63, 3.8) is 0 Å². The number of hydrogen-bond acceptors (Lipinski definition) is 3. The number of hydrogen-bond donors (Lipinski definition) is 2. The predicted octanol–water partition coefficient (Wildman–Crippen LogP) is 3.25. The molecular weight excluding hydrogens is 323 g/mol. The minimum atomic E-state index is -0.409. The van der Waals surface area contributed by atoms with Crippen molar-refractivity contribution in [1.29, 1.82) is 0 Å². The van der Waals surface area contributed by atoms with E-state index >= 15 is 0 Å². The van der Waals surface area contributed by atoms with Crippen molar-refractivity contribution in [1.82, 2.24) is 4.98 Å². The molecule has 2 aromatic carbocycles. The molecule has 6 heteroatoms. The number of benzene rings is 2. The number of amides is 1. The fraction of sp³-hybridized carbons (Fsp3) is 0.158. The Morgan fingerprint density at radius 3 is 2.84 bits per heavy atom. The maximum absolute atomic E-state index is 13.2. The molecule has 0 saturated heterocycles. The Hall–Kier alpha value is -3.15. The lowest BCUT2D eigenvalue weighted by atomic mass is 10.1. The highest BCUT2D eigenvalue weighted by molar-refractivity contribution is 5.91. The van der Waals surface area contributed by atoms with Gasteiger partial charge >= 0.3 is 0 Å². The topological polar surface area (TPSA) is 71.2 Å². The molecule has 5 nitrogen and oxygen atoms in total. The van der Waals surface area contributed by atoms with E-state index in [0.717, 1.165) is 5.39 Å². The van der Waals surface area contributed by atoms with Crippen LogP contribution in [0.15, 0.2) is 53.3 Å². The Bertz CT molecular complexity index is 982. The van der Waals surface area contributed by atoms with Crippen LogP contribution in [-0.2, 0) is 11.2 Å². The molecule has 0 unspecified atom stereocenters. The van der Waals surface area contributed by atoms with E-state index in [-0.39, 0.29) is 17.9 Å². The van der Waals surface area contributed by atoms with Crippen LogP contribution in [0.25, 0.3) is 10.9 Å². The van der Waals surface area contributed by atoms with Gasteiger partial charge in [-0.15, -0.1) is 0 Å². The van der Waals surface area contributed by atoms with Gasteiger partial charge in [-0.2, -0.15) is 0 Å². The third-order valence-corrected chi connectivity index (χ3v) is 3.86. The number of aromatic amines is 1. The van der Waals surface area contributed by atoms with Gasteiger partial charge < -0.3 is 15.0 Å². The summed E-state index contributed by atoms with van der Waals surface area (Å²) in [5, 5.41) is 3.50. The van der Waals surface area contributed by atoms with Crippen LogP contribution in [0.3, 0.4) is 0 Å². The van der Waals surface area contributed by atoms with Crippen LogP contribution in [0.2, 0.25) is 0 Å². The van der Waals surface area contributed by atoms with Crippen LogP contribution >= 0.6 is 0 Å². The Labute approximate surface area is 143 Å². The van der Waals surface area contributed by atoms with Gasteiger partial charge in [0.2, 0.25) is 5.91 Å². The van der Waals surface area contributed by atoms with Crippen LogP contribution in [0.1, 0.15) is 12.0 Å². The fourth-order valence-electron chi connectivity index (χ4n) is 2.58. The lowest BCUT2D eigenvalue weighted by Crippen LogP contribution is -2.17. The summed E-state index contributed by atoms with van der Waals surface area (Å²) in [4.78, 5) is 26.8. The summed E-state index contributed by atoms with van der Waals surface area (Å²) in [6.45, 7) is 0. The monoisotopic (exact) mass is 340 g/mol. The number of ether oxygens (including phenoxy) is 1. The number of aromatic nitrogens is 1. The van der Waals surface area contributed by atoms with E-state index in [1.54, 1.807) is 43.5 Å². The summed E-state index contributed by atoms with van der Waals surface area (Å²) < 4.78 is 18.3. The molecular formula is C19H17FN2O3. The molecule has 0 atom stereocenters. The van der Waals surface area contributed by atoms with Crippen LogP contribution in [0.5, 0.6) is 5.75 Å². The molecule has 0 fully saturated rings. The van der Waals surface area contributed by atoms with Gasteiger partial charge in [-0.3, -0.25) is 9.59 Å². The number of rotatable bonds is 5. The number of carbonyl (C=O) groups is 1. The first-order valence-electron chi connectivity index (χ1n) is 7.80. The number of fused-ring (bicyclic) bond motifs is 1. The Balaban J connectivity index is 1.69. The van der Waals surface area contributed by atoms with Crippen molar-refractivity contribution >= 4 is 22.5 Å². The summed E-state index contributed by atoms with van der Waals surface area (Å²) in [6, 6.07) is 12.9. The molecule has 1 amide bonds. The molecule has 25 heavy (non-hydrogen) atoms. The van der Waals surface area contributed by atoms with Gasteiger partial charge in [-0.1, -0.05) is 6.07 Å². The summed E-state index contributed by atoms with van der Waals surface area (Å²) in [5.41, 5.74) is 1.24. The second kappa shape index (κ2) is 7.17. The first-order chi connectivity index (χ1) is 12.0. The lowest BCUT2D eigenvalue weighted by Gasteiger charge is -2.07. The highest BCUT2D eigenvalue weighted by Crippen LogP contribution is 2.17. The zero-order valence-corrected chi connectivity index (χ0v) is 13.6. The standard InChI is InChI=1S/C19H17FN2O3/c1-25-16-4-2-3-15(11-16)21-18(23)8-6-13-9-12-5-7-14(20)10-17(12)22-19(13)24/h2-5,7,9-11H,6,8H2,1H3,(H,21,23)(H,22,24). The Morgan fingerprint density at radius 1 is 1.20 bits per heavy atom. The Morgan fingerprint density at radius 2 is 2.04 bits per heavy atom. The van der Waals surface area contributed by atoms with Crippen LogP contribution in [0.4, 0.5) is 10.1 Å². The highest BCUT2D eigenvalue weighted by atomic mass is 19.1. The van der Waals surface area contributed by atoms with E-state index in [0.29, 0.717) is 28.9 Å². The number of carbonyl (C=O) groups excluding carboxylic acids is 1. The minimum absolute atomic E-state index is 0.160. The van der Waals surface area contributed by atoms with Gasteiger partial charge in [0.1, 0.15) is 11.6 Å². The number of nitrogens with one attached hydrogen (secondary N) is 2. The van der Waals surface area contributed by atoms with E-state index in [1.807, 2.05) is 0 Å². The summed E-state index contributed by atoms with van der Waals surface area (Å²) in [6.07, 6.45) is 0.450. The van der Waals surface area contributed by atoms with E-state index < -0.39 is 5.82 Å². The molecule has 0 aliphatic heterocycles. The molecule has 0 bridgehead atoms. The average molecular weight is 340 g/mol. The van der Waals surface area contributed by atoms with Crippen LogP contribution in [-0.4, -0.2) is 18.0 Å². The van der Waals surface area contributed by atoms with Crippen molar-refractivity contribution in [2.24, 2.45) is 0 Å². The highest BCUT2D eigenvalue weighted by Gasteiger charge is 2.08. The van der Waals surface area contributed by atoms with Crippen molar-refractivity contribution < 1.29 is 13.9 Å². The molecule has 0 radical (unpaired) electrons. The van der Waals surface area contributed by atoms with Crippen molar-refractivity contribution in [2.45, 2.75) is 12.8 Å². The minimum Gasteiger partial charge on any atom is -0.497 e. The van der Waals surface area contributed by atoms with Crippen LogP contribution < -0.4 is 15.6 Å². The molecule has 128 valence electrons. The fourth-order valence-corrected chi connectivity index (χ4v) is 2.58. The second-order valence-electron chi connectivity index (χ2n) is 5.64. The van der Waals surface area contributed by atoms with Crippen molar-refractivity contribution in [2.75, 3.05) is 12.4 Å². The van der Waals surface area contributed by atoms with Crippen molar-refractivity contribution in [3.05, 3.63) is 70.3 Å². The van der Waals surface area contributed by atoms with Gasteiger partial charge in [0.05, 0.1) is 12.6 Å². The maximum Gasteiger partial charge on any atom is 0.251 e. The molecule has 0 aliphatic rings. The van der Waals surface area contributed by atoms with E-state index in [4.69, 9.17) is 4.74 Å². The normalized spacial score (nSPS) is 10.6. The van der Waals surface area contributed by atoms with Gasteiger partial charge in [0.25, 0.3) is 5.56 Å². The van der Waals surface area contributed by atoms with E-state index in [9.17, 15) is 14.0 Å². The summed E-state index contributed by atoms with van der Waals surface area (Å²) >= 11 is 0. The van der Waals surface area contributed by atoms with E-state index in [2.05, 4.69) is 10.3 Å². The predicted molar refractivity (Wildman–Crippen MR) is 94.5 cm³/mol. The molecule has 3 rings (SSSR count). The zero-order valence-electron chi connectivity index (χ0n) is 13.6. The Kier molecular flexibility index (Phi) is 4.79. The molecule has 0 saturated carbocycles. The smallest absolute Gasteiger partial charge is 0.251 e. The number of anilines is 1. The number of aryl methyl sites for hydroxylation is 1. The number of H-pyrrole nitrogens is 1. The third-order valence-electron chi connectivity index (χ3n) is 3.86. The zero-order chi connectivity index (χ0) is 17.8. The average Bonchev–Trinajstić information content (AvgIpc) is 2.60. The quantitative estimate of drug-likeness (QED) is 0.749. The molecule has 0 aliphatic carbocycles. The summed E-state index contributed by atoms with van der Waals surface area (Å²) in [7, 11) is 1.55. The molecule has 0 spiro atoms. The number of halogens is 1. The first kappa shape index (κ1) is 16.7. The van der Waals surface area contributed by atoms with Gasteiger partial charge in [-0.25, -0.2) is 4.39 Å². The molecule has 2 N–H and O–H groups in total. The SMILES string of the molecule is COc1cccc(NC(=O)CCc2cc3ccc(F)cc3[nH]c2=O)c1. The van der Waals surface area contributed by atoms with Crippen LogP contribution in [0, 0.1) is 5.82 Å². The van der Waals surface area contributed by atoms with Crippen molar-refractivity contribution in [3.8, 4) is 5.75 Å². The third kappa shape index (κ3) is 4.03. The number of pyridine rings is 1. The first-order valence-corrected chi connectivity index (χ1v) is 7.80. The van der Waals surface area contributed by atoms with Gasteiger partial charge in [0.15, 0.2) is 0 Å². The van der Waals surface area contributed by atoms with E-state index in [1.165, 1.54) is 12.1 Å². The molecule has 1 heterocycles. The van der Waals surface area contributed by atoms with Gasteiger partial charge in [0, 0.05) is 23.7 Å². The molecule has 1 aromatic heterocycles. The lowest BCUT2D eigenvalue weighted by molar-refractivity contribution is -0.116. The number of methoxy groups -OCH3 is 1. The second-order valence-corrected chi connectivity index (χ2v) is 5.64.